The maximum absolute atomic E-state index is 13.2. The third kappa shape index (κ3) is 4.81. The van der Waals surface area contributed by atoms with Crippen LogP contribution >= 0.6 is 11.8 Å². The predicted octanol–water partition coefficient (Wildman–Crippen LogP) is 4.31. The summed E-state index contributed by atoms with van der Waals surface area (Å²) in [5.74, 6) is 0.482. The van der Waals surface area contributed by atoms with Gasteiger partial charge in [-0.05, 0) is 48.7 Å². The summed E-state index contributed by atoms with van der Waals surface area (Å²) < 4.78 is 5.30. The normalized spacial score (nSPS) is 13.1. The number of thioether (sulfide) groups is 1. The first-order valence-electron chi connectivity index (χ1n) is 9.98. The van der Waals surface area contributed by atoms with Crippen LogP contribution in [-0.2, 0) is 9.59 Å². The van der Waals surface area contributed by atoms with E-state index in [1.165, 1.54) is 4.90 Å². The van der Waals surface area contributed by atoms with Crippen LogP contribution in [0.5, 0.6) is 5.75 Å². The number of pyridine rings is 1. The van der Waals surface area contributed by atoms with Crippen molar-refractivity contribution in [3.8, 4) is 5.75 Å². The molecule has 162 valence electrons. The summed E-state index contributed by atoms with van der Waals surface area (Å²) in [7, 11) is 1.59. The van der Waals surface area contributed by atoms with E-state index >= 15 is 0 Å². The second-order valence-electron chi connectivity index (χ2n) is 7.07. The lowest BCUT2D eigenvalue weighted by Crippen LogP contribution is -2.39. The van der Waals surface area contributed by atoms with E-state index in [1.54, 1.807) is 37.2 Å². The van der Waals surface area contributed by atoms with Gasteiger partial charge in [-0.25, -0.2) is 9.98 Å². The summed E-state index contributed by atoms with van der Waals surface area (Å²) in [4.78, 5) is 37.5. The highest BCUT2D eigenvalue weighted by atomic mass is 32.2. The number of hydrogen-bond donors (Lipinski definition) is 1. The Hall–Kier alpha value is -3.65. The molecule has 7 nitrogen and oxygen atoms in total. The van der Waals surface area contributed by atoms with E-state index in [0.29, 0.717) is 28.7 Å². The highest BCUT2D eigenvalue weighted by Crippen LogP contribution is 2.31. The number of anilines is 2. The summed E-state index contributed by atoms with van der Waals surface area (Å²) >= 11 is 1.59. The van der Waals surface area contributed by atoms with Crippen molar-refractivity contribution < 1.29 is 14.3 Å². The van der Waals surface area contributed by atoms with Gasteiger partial charge in [0, 0.05) is 22.3 Å². The molecule has 2 amide bonds. The Labute approximate surface area is 190 Å². The fourth-order valence-corrected chi connectivity index (χ4v) is 3.86. The molecule has 2 aromatic carbocycles. The van der Waals surface area contributed by atoms with Crippen molar-refractivity contribution in [1.29, 1.82) is 0 Å². The largest absolute Gasteiger partial charge is 0.497 e. The summed E-state index contributed by atoms with van der Waals surface area (Å²) in [5.41, 5.74) is 2.60. The molecular formula is C24H22N4O3S. The molecule has 4 rings (SSSR count). The van der Waals surface area contributed by atoms with Gasteiger partial charge < -0.3 is 10.1 Å². The summed E-state index contributed by atoms with van der Waals surface area (Å²) in [6.45, 7) is -0.159. The molecule has 1 N–H and O–H groups in total. The molecule has 0 radical (unpaired) electrons. The number of fused-ring (bicyclic) bond motifs is 1. The van der Waals surface area contributed by atoms with Crippen molar-refractivity contribution >= 4 is 46.5 Å². The van der Waals surface area contributed by atoms with Crippen molar-refractivity contribution in [1.82, 2.24) is 4.98 Å². The van der Waals surface area contributed by atoms with Gasteiger partial charge in [-0.2, -0.15) is 0 Å². The van der Waals surface area contributed by atoms with Gasteiger partial charge in [0.25, 0.3) is 0 Å². The van der Waals surface area contributed by atoms with Gasteiger partial charge in [-0.3, -0.25) is 14.5 Å². The number of methoxy groups -OCH3 is 1. The highest BCUT2D eigenvalue weighted by Gasteiger charge is 2.28. The lowest BCUT2D eigenvalue weighted by molar-refractivity contribution is -0.120. The van der Waals surface area contributed by atoms with Crippen LogP contribution < -0.4 is 15.0 Å². The molecule has 1 aliphatic rings. The van der Waals surface area contributed by atoms with Crippen LogP contribution in [0.15, 0.2) is 76.7 Å². The van der Waals surface area contributed by atoms with Crippen LogP contribution in [0.4, 0.5) is 17.2 Å². The minimum Gasteiger partial charge on any atom is -0.497 e. The number of amides is 2. The third-order valence-corrected chi connectivity index (χ3v) is 5.68. The van der Waals surface area contributed by atoms with Gasteiger partial charge in [0.1, 0.15) is 18.0 Å². The average molecular weight is 447 g/mol. The monoisotopic (exact) mass is 446 g/mol. The van der Waals surface area contributed by atoms with Gasteiger partial charge in [0.2, 0.25) is 11.8 Å². The van der Waals surface area contributed by atoms with Crippen LogP contribution in [0.2, 0.25) is 0 Å². The molecule has 0 saturated heterocycles. The van der Waals surface area contributed by atoms with Crippen LogP contribution in [0.25, 0.3) is 0 Å². The molecule has 0 unspecified atom stereocenters. The number of ether oxygens (including phenoxy) is 1. The van der Waals surface area contributed by atoms with Crippen LogP contribution in [0.1, 0.15) is 12.0 Å². The van der Waals surface area contributed by atoms with Crippen LogP contribution in [-0.4, -0.2) is 42.4 Å². The minimum atomic E-state index is -0.307. The molecule has 1 aromatic heterocycles. The zero-order valence-electron chi connectivity index (χ0n) is 17.7. The average Bonchev–Trinajstić information content (AvgIpc) is 2.95. The predicted molar refractivity (Wildman–Crippen MR) is 127 cm³/mol. The van der Waals surface area contributed by atoms with Crippen LogP contribution in [0.3, 0.4) is 0 Å². The fraction of sp³-hybridized carbons (Fsp3) is 0.167. The van der Waals surface area contributed by atoms with Gasteiger partial charge >= 0.3 is 0 Å². The van der Waals surface area contributed by atoms with Crippen molar-refractivity contribution in [3.05, 3.63) is 72.4 Å². The van der Waals surface area contributed by atoms with E-state index in [-0.39, 0.29) is 24.8 Å². The lowest BCUT2D eigenvalue weighted by atomic mass is 10.1. The van der Waals surface area contributed by atoms with Crippen LogP contribution in [0, 0.1) is 0 Å². The maximum Gasteiger partial charge on any atom is 0.244 e. The molecule has 32 heavy (non-hydrogen) atoms. The Morgan fingerprint density at radius 3 is 2.81 bits per heavy atom. The van der Waals surface area contributed by atoms with Gasteiger partial charge in [-0.1, -0.05) is 18.2 Å². The lowest BCUT2D eigenvalue weighted by Gasteiger charge is -2.20. The smallest absolute Gasteiger partial charge is 0.244 e. The first-order chi connectivity index (χ1) is 15.6. The number of carbonyl (C=O) groups is 2. The molecule has 8 heteroatoms. The molecule has 0 bridgehead atoms. The van der Waals surface area contributed by atoms with E-state index in [0.717, 1.165) is 10.5 Å². The standard InChI is InChI=1S/C24H22N4O3S/c1-31-18-8-3-6-16(12-18)21-14-23(30)28(24-20(27-21)10-5-11-25-24)15-22(29)26-17-7-4-9-19(13-17)32-2/h3-13H,14-15H2,1-2H3,(H,26,29). The van der Waals surface area contributed by atoms with E-state index in [1.807, 2.05) is 54.8 Å². The first-order valence-corrected chi connectivity index (χ1v) is 11.2. The topological polar surface area (TPSA) is 83.9 Å². The van der Waals surface area contributed by atoms with Crippen molar-refractivity contribution in [3.63, 3.8) is 0 Å². The number of rotatable bonds is 6. The molecule has 0 saturated carbocycles. The molecule has 3 aromatic rings. The van der Waals surface area contributed by atoms with E-state index in [2.05, 4.69) is 10.3 Å². The molecule has 0 atom stereocenters. The zero-order valence-corrected chi connectivity index (χ0v) is 18.6. The Balaban J connectivity index is 1.60. The van der Waals surface area contributed by atoms with E-state index in [9.17, 15) is 9.59 Å². The maximum atomic E-state index is 13.2. The summed E-state index contributed by atoms with van der Waals surface area (Å²) in [6.07, 6.45) is 3.60. The third-order valence-electron chi connectivity index (χ3n) is 4.96. The second-order valence-corrected chi connectivity index (χ2v) is 7.95. The number of nitrogens with one attached hydrogen (secondary N) is 1. The highest BCUT2D eigenvalue weighted by molar-refractivity contribution is 7.98. The number of nitrogens with zero attached hydrogens (tertiary/aromatic N) is 3. The fourth-order valence-electron chi connectivity index (χ4n) is 3.40. The molecule has 0 fully saturated rings. The van der Waals surface area contributed by atoms with Crippen molar-refractivity contribution in [2.45, 2.75) is 11.3 Å². The quantitative estimate of drug-likeness (QED) is 0.571. The molecule has 0 spiro atoms. The number of benzene rings is 2. The molecule has 2 heterocycles. The SMILES string of the molecule is COc1cccc(C2=Nc3cccnc3N(CC(=O)Nc3cccc(SC)c3)C(=O)C2)c1. The van der Waals surface area contributed by atoms with Gasteiger partial charge in [0.05, 0.1) is 19.2 Å². The molecule has 1 aliphatic heterocycles. The van der Waals surface area contributed by atoms with Crippen molar-refractivity contribution in [2.24, 2.45) is 4.99 Å². The van der Waals surface area contributed by atoms with E-state index < -0.39 is 0 Å². The van der Waals surface area contributed by atoms with Gasteiger partial charge in [-0.15, -0.1) is 11.8 Å². The van der Waals surface area contributed by atoms with Gasteiger partial charge in [0.15, 0.2) is 5.82 Å². The Kier molecular flexibility index (Phi) is 6.51. The molecule has 0 aliphatic carbocycles. The number of hydrogen-bond acceptors (Lipinski definition) is 6. The zero-order chi connectivity index (χ0) is 22.5. The summed E-state index contributed by atoms with van der Waals surface area (Å²) in [5, 5.41) is 2.87. The Morgan fingerprint density at radius 1 is 1.16 bits per heavy atom. The Morgan fingerprint density at radius 2 is 2.00 bits per heavy atom. The van der Waals surface area contributed by atoms with E-state index in [4.69, 9.17) is 9.73 Å². The minimum absolute atomic E-state index is 0.0404. The number of aliphatic imine (C=N–C) groups is 1. The summed E-state index contributed by atoms with van der Waals surface area (Å²) in [6, 6.07) is 18.5. The second kappa shape index (κ2) is 9.65. The first kappa shape index (κ1) is 21.6. The molecular weight excluding hydrogens is 424 g/mol. The Bertz CT molecular complexity index is 1200. The van der Waals surface area contributed by atoms with Crippen molar-refractivity contribution in [2.75, 3.05) is 30.1 Å². The number of carbonyl (C=O) groups excluding carboxylic acids is 2. The number of aromatic nitrogens is 1.